The zero-order valence-corrected chi connectivity index (χ0v) is 9.89. The van der Waals surface area contributed by atoms with E-state index in [1.165, 1.54) is 25.9 Å². The monoisotopic (exact) mass is 187 g/mol. The van der Waals surface area contributed by atoms with E-state index in [0.717, 1.165) is 6.54 Å². The van der Waals surface area contributed by atoms with Crippen molar-refractivity contribution in [1.82, 2.24) is 4.90 Å². The van der Waals surface area contributed by atoms with E-state index in [9.17, 15) is 0 Å². The Morgan fingerprint density at radius 1 is 1.38 bits per heavy atom. The first kappa shape index (κ1) is 12.9. The Bertz CT molecular complexity index is 127. The van der Waals surface area contributed by atoms with Crippen molar-refractivity contribution in [1.29, 1.82) is 0 Å². The summed E-state index contributed by atoms with van der Waals surface area (Å²) in [4.78, 5) is 2.48. The number of rotatable bonds is 3. The fourth-order valence-electron chi connectivity index (χ4n) is 1.70. The number of methoxy groups -OCH3 is 1. The maximum atomic E-state index is 5.43. The van der Waals surface area contributed by atoms with Crippen molar-refractivity contribution in [3.63, 3.8) is 0 Å². The fraction of sp³-hybridized carbons (Fsp3) is 1.00. The topological polar surface area (TPSA) is 12.5 Å². The highest BCUT2D eigenvalue weighted by Crippen LogP contribution is 2.23. The molecule has 0 spiro atoms. The van der Waals surface area contributed by atoms with Gasteiger partial charge >= 0.3 is 0 Å². The zero-order chi connectivity index (χ0) is 10.3. The first-order valence-corrected chi connectivity index (χ1v) is 5.48. The van der Waals surface area contributed by atoms with Gasteiger partial charge in [0.05, 0.1) is 5.60 Å². The minimum Gasteiger partial charge on any atom is -0.377 e. The van der Waals surface area contributed by atoms with Crippen molar-refractivity contribution in [2.24, 2.45) is 0 Å². The van der Waals surface area contributed by atoms with Gasteiger partial charge in [0.25, 0.3) is 0 Å². The van der Waals surface area contributed by atoms with Crippen molar-refractivity contribution in [3.05, 3.63) is 0 Å². The highest BCUT2D eigenvalue weighted by molar-refractivity contribution is 4.87. The summed E-state index contributed by atoms with van der Waals surface area (Å²) in [6.45, 7) is 12.0. The van der Waals surface area contributed by atoms with E-state index in [1.807, 2.05) is 21.0 Å². The molecule has 0 radical (unpaired) electrons. The number of hydrogen-bond donors (Lipinski definition) is 0. The van der Waals surface area contributed by atoms with E-state index >= 15 is 0 Å². The quantitative estimate of drug-likeness (QED) is 0.673. The second-order valence-corrected chi connectivity index (χ2v) is 3.68. The Morgan fingerprint density at radius 3 is 2.38 bits per heavy atom. The zero-order valence-electron chi connectivity index (χ0n) is 9.89. The van der Waals surface area contributed by atoms with Gasteiger partial charge in [0.15, 0.2) is 0 Å². The first-order chi connectivity index (χ1) is 6.20. The van der Waals surface area contributed by atoms with Crippen LogP contribution in [0.3, 0.4) is 0 Å². The molecule has 13 heavy (non-hydrogen) atoms. The number of ether oxygens (including phenoxy) is 1. The van der Waals surface area contributed by atoms with Crippen molar-refractivity contribution in [2.45, 2.75) is 46.1 Å². The molecule has 0 saturated carbocycles. The molecule has 0 aliphatic carbocycles. The molecule has 1 atom stereocenters. The van der Waals surface area contributed by atoms with Crippen LogP contribution < -0.4 is 0 Å². The number of hydrogen-bond acceptors (Lipinski definition) is 2. The molecule has 0 bridgehead atoms. The van der Waals surface area contributed by atoms with Crippen LogP contribution in [0.25, 0.3) is 0 Å². The lowest BCUT2D eigenvalue weighted by molar-refractivity contribution is 0.0149. The number of likely N-dealkylation sites (tertiary alicyclic amines) is 1. The molecule has 1 unspecified atom stereocenters. The van der Waals surface area contributed by atoms with Crippen LogP contribution in [-0.2, 0) is 4.74 Å². The molecule has 1 rings (SSSR count). The van der Waals surface area contributed by atoms with Crippen molar-refractivity contribution < 1.29 is 4.74 Å². The Balaban J connectivity index is 0.000000671. The fourth-order valence-corrected chi connectivity index (χ4v) is 1.70. The van der Waals surface area contributed by atoms with Gasteiger partial charge in [0.2, 0.25) is 0 Å². The van der Waals surface area contributed by atoms with Crippen LogP contribution in [0.5, 0.6) is 0 Å². The molecule has 1 saturated heterocycles. The summed E-state index contributed by atoms with van der Waals surface area (Å²) >= 11 is 0. The Hall–Kier alpha value is -0.0800. The van der Waals surface area contributed by atoms with E-state index in [2.05, 4.69) is 18.7 Å². The molecule has 0 aromatic rings. The smallest absolute Gasteiger partial charge is 0.0789 e. The van der Waals surface area contributed by atoms with E-state index in [0.29, 0.717) is 0 Å². The highest BCUT2D eigenvalue weighted by atomic mass is 16.5. The largest absolute Gasteiger partial charge is 0.377 e. The predicted molar refractivity (Wildman–Crippen MR) is 58.1 cm³/mol. The van der Waals surface area contributed by atoms with Crippen LogP contribution in [0.4, 0.5) is 0 Å². The Morgan fingerprint density at radius 2 is 2.00 bits per heavy atom. The molecule has 1 aliphatic heterocycles. The summed E-state index contributed by atoms with van der Waals surface area (Å²) in [6.07, 6.45) is 2.43. The molecular weight excluding hydrogens is 162 g/mol. The first-order valence-electron chi connectivity index (χ1n) is 5.48. The average Bonchev–Trinajstić information content (AvgIpc) is 2.53. The molecule has 0 N–H and O–H groups in total. The Kier molecular flexibility index (Phi) is 6.35. The van der Waals surface area contributed by atoms with Crippen LogP contribution in [-0.4, -0.2) is 37.2 Å². The van der Waals surface area contributed by atoms with Crippen LogP contribution in [0.15, 0.2) is 0 Å². The van der Waals surface area contributed by atoms with E-state index < -0.39 is 0 Å². The van der Waals surface area contributed by atoms with Gasteiger partial charge < -0.3 is 9.64 Å². The Labute approximate surface area is 83.3 Å². The minimum atomic E-state index is 0.134. The van der Waals surface area contributed by atoms with E-state index in [-0.39, 0.29) is 5.60 Å². The molecule has 0 aromatic carbocycles. The molecule has 80 valence electrons. The van der Waals surface area contributed by atoms with Gasteiger partial charge in [-0.05, 0) is 26.3 Å². The molecule has 1 fully saturated rings. The van der Waals surface area contributed by atoms with Gasteiger partial charge in [0, 0.05) is 20.2 Å². The van der Waals surface area contributed by atoms with Crippen molar-refractivity contribution in [3.8, 4) is 0 Å². The van der Waals surface area contributed by atoms with Crippen LogP contribution in [0.2, 0.25) is 0 Å². The van der Waals surface area contributed by atoms with Gasteiger partial charge in [-0.25, -0.2) is 0 Å². The van der Waals surface area contributed by atoms with E-state index in [4.69, 9.17) is 4.74 Å². The molecule has 2 nitrogen and oxygen atoms in total. The van der Waals surface area contributed by atoms with Gasteiger partial charge in [-0.15, -0.1) is 0 Å². The predicted octanol–water partition coefficient (Wildman–Crippen LogP) is 2.53. The summed E-state index contributed by atoms with van der Waals surface area (Å²) in [7, 11) is 1.81. The number of nitrogens with zero attached hydrogens (tertiary/aromatic N) is 1. The van der Waals surface area contributed by atoms with E-state index in [1.54, 1.807) is 0 Å². The van der Waals surface area contributed by atoms with Crippen LogP contribution in [0, 0.1) is 0 Å². The maximum Gasteiger partial charge on any atom is 0.0789 e. The summed E-state index contributed by atoms with van der Waals surface area (Å²) in [5, 5.41) is 0. The molecule has 1 aliphatic rings. The summed E-state index contributed by atoms with van der Waals surface area (Å²) in [6, 6.07) is 0. The lowest BCUT2D eigenvalue weighted by atomic mass is 10.1. The van der Waals surface area contributed by atoms with Gasteiger partial charge in [-0.1, -0.05) is 20.8 Å². The van der Waals surface area contributed by atoms with Gasteiger partial charge in [-0.3, -0.25) is 0 Å². The van der Waals surface area contributed by atoms with Crippen molar-refractivity contribution in [2.75, 3.05) is 26.7 Å². The van der Waals surface area contributed by atoms with Crippen LogP contribution >= 0.6 is 0 Å². The van der Waals surface area contributed by atoms with Crippen molar-refractivity contribution >= 4 is 0 Å². The molecule has 1 heterocycles. The van der Waals surface area contributed by atoms with Gasteiger partial charge in [-0.2, -0.15) is 0 Å². The maximum absolute atomic E-state index is 5.43. The third kappa shape index (κ3) is 4.10. The molecule has 2 heteroatoms. The highest BCUT2D eigenvalue weighted by Gasteiger charge is 2.32. The lowest BCUT2D eigenvalue weighted by Crippen LogP contribution is -2.32. The minimum absolute atomic E-state index is 0.134. The molecule has 0 aromatic heterocycles. The molecular formula is C11H25NO. The standard InChI is InChI=1S/C9H19NO.C2H6/c1-4-6-10-7-5-9(2,8-10)11-3;1-2/h4-8H2,1-3H3;1-2H3. The second-order valence-electron chi connectivity index (χ2n) is 3.68. The molecule has 0 amide bonds. The summed E-state index contributed by atoms with van der Waals surface area (Å²) in [5.74, 6) is 0. The SMILES string of the molecule is CC.CCCN1CCC(C)(OC)C1. The van der Waals surface area contributed by atoms with Gasteiger partial charge in [0.1, 0.15) is 0 Å². The summed E-state index contributed by atoms with van der Waals surface area (Å²) in [5.41, 5.74) is 0.134. The third-order valence-electron chi connectivity index (χ3n) is 2.55. The lowest BCUT2D eigenvalue weighted by Gasteiger charge is -2.22. The second kappa shape index (κ2) is 6.39. The average molecular weight is 187 g/mol. The summed E-state index contributed by atoms with van der Waals surface area (Å²) < 4.78 is 5.43. The normalized spacial score (nSPS) is 28.4. The third-order valence-corrected chi connectivity index (χ3v) is 2.55. The van der Waals surface area contributed by atoms with Crippen LogP contribution in [0.1, 0.15) is 40.5 Å².